The van der Waals surface area contributed by atoms with E-state index >= 15 is 0 Å². The second kappa shape index (κ2) is 6.74. The molecule has 2 atom stereocenters. The zero-order valence-corrected chi connectivity index (χ0v) is 16.3. The van der Waals surface area contributed by atoms with Crippen LogP contribution in [0.4, 0.5) is 0 Å². The van der Waals surface area contributed by atoms with Gasteiger partial charge in [0.15, 0.2) is 5.69 Å². The smallest absolute Gasteiger partial charge is 0.275 e. The summed E-state index contributed by atoms with van der Waals surface area (Å²) in [6.07, 6.45) is 2.23. The van der Waals surface area contributed by atoms with Crippen LogP contribution in [0.25, 0.3) is 10.9 Å². The summed E-state index contributed by atoms with van der Waals surface area (Å²) in [6, 6.07) is 8.05. The number of hydrogen-bond acceptors (Lipinski definition) is 5. The number of carbonyl (C=O) groups is 1. The summed E-state index contributed by atoms with van der Waals surface area (Å²) in [5, 5.41) is 12.3. The van der Waals surface area contributed by atoms with Crippen molar-refractivity contribution in [3.8, 4) is 0 Å². The van der Waals surface area contributed by atoms with Gasteiger partial charge in [-0.25, -0.2) is 0 Å². The van der Waals surface area contributed by atoms with Gasteiger partial charge in [0.2, 0.25) is 0 Å². The lowest BCUT2D eigenvalue weighted by molar-refractivity contribution is 0.0580. The Bertz CT molecular complexity index is 1000. The molecule has 2 aromatic heterocycles. The van der Waals surface area contributed by atoms with E-state index in [1.54, 1.807) is 0 Å². The Balaban J connectivity index is 1.39. The average molecular weight is 379 g/mol. The van der Waals surface area contributed by atoms with E-state index in [-0.39, 0.29) is 11.9 Å². The number of rotatable bonds is 3. The van der Waals surface area contributed by atoms with Gasteiger partial charge in [0.05, 0.1) is 11.2 Å². The Morgan fingerprint density at radius 3 is 2.89 bits per heavy atom. The van der Waals surface area contributed by atoms with Gasteiger partial charge in [-0.1, -0.05) is 23.4 Å². The van der Waals surface area contributed by atoms with Gasteiger partial charge in [-0.15, -0.1) is 0 Å². The number of nitrogens with zero attached hydrogens (tertiary/aromatic N) is 4. The quantitative estimate of drug-likeness (QED) is 0.757. The van der Waals surface area contributed by atoms with Crippen molar-refractivity contribution in [1.82, 2.24) is 25.2 Å². The number of hydrogen-bond donors (Lipinski definition) is 1. The average Bonchev–Trinajstić information content (AvgIpc) is 3.13. The Hall–Kier alpha value is -2.67. The van der Waals surface area contributed by atoms with Gasteiger partial charge < -0.3 is 9.42 Å². The maximum Gasteiger partial charge on any atom is 0.275 e. The summed E-state index contributed by atoms with van der Waals surface area (Å²) < 4.78 is 5.33. The minimum atomic E-state index is 0.0475. The highest BCUT2D eigenvalue weighted by Gasteiger charge is 2.38. The van der Waals surface area contributed by atoms with Crippen molar-refractivity contribution < 1.29 is 9.32 Å². The number of H-pyrrole nitrogens is 1. The summed E-state index contributed by atoms with van der Waals surface area (Å²) in [4.78, 5) is 17.9. The minimum Gasteiger partial charge on any atom is -0.361 e. The molecule has 28 heavy (non-hydrogen) atoms. The molecule has 2 bridgehead atoms. The van der Waals surface area contributed by atoms with Crippen LogP contribution in [0, 0.1) is 19.8 Å². The lowest BCUT2D eigenvalue weighted by atomic mass is 9.94. The van der Waals surface area contributed by atoms with Gasteiger partial charge >= 0.3 is 0 Å². The van der Waals surface area contributed by atoms with Crippen LogP contribution in [0.2, 0.25) is 0 Å². The standard InChI is InChI=1S/C21H25N5O2/c1-13-18(14(2)28-24-13)12-25-9-15-7-8-16(11-25)26(10-15)21(27)20-17-5-3-4-6-19(17)22-23-20/h3-6,15-16H,7-12H2,1-2H3,(H,22,23)/t15-,16+/m0/s1. The van der Waals surface area contributed by atoms with Crippen LogP contribution in [0.3, 0.4) is 0 Å². The Morgan fingerprint density at radius 2 is 2.07 bits per heavy atom. The molecule has 0 unspecified atom stereocenters. The molecule has 1 aromatic carbocycles. The first kappa shape index (κ1) is 17.4. The largest absolute Gasteiger partial charge is 0.361 e. The molecule has 0 aliphatic carbocycles. The van der Waals surface area contributed by atoms with Crippen molar-refractivity contribution in [2.24, 2.45) is 5.92 Å². The molecule has 7 nitrogen and oxygen atoms in total. The minimum absolute atomic E-state index is 0.0475. The molecule has 6 rings (SSSR count). The molecule has 0 saturated carbocycles. The summed E-state index contributed by atoms with van der Waals surface area (Å²) in [7, 11) is 0. The first-order chi connectivity index (χ1) is 13.6. The Labute approximate surface area is 163 Å². The molecular formula is C21H25N5O2. The van der Waals surface area contributed by atoms with Gasteiger partial charge in [0, 0.05) is 43.2 Å². The van der Waals surface area contributed by atoms with E-state index in [2.05, 4.69) is 25.2 Å². The molecule has 3 aliphatic rings. The summed E-state index contributed by atoms with van der Waals surface area (Å²) in [6.45, 7) is 7.50. The maximum atomic E-state index is 13.3. The molecule has 7 heteroatoms. The zero-order chi connectivity index (χ0) is 19.3. The number of aromatic nitrogens is 3. The van der Waals surface area contributed by atoms with Crippen molar-refractivity contribution in [2.45, 2.75) is 39.3 Å². The topological polar surface area (TPSA) is 78.3 Å². The second-order valence-electron chi connectivity index (χ2n) is 8.17. The fourth-order valence-electron chi connectivity index (χ4n) is 4.77. The van der Waals surface area contributed by atoms with E-state index in [1.165, 1.54) is 12.0 Å². The van der Waals surface area contributed by atoms with Crippen molar-refractivity contribution in [2.75, 3.05) is 19.6 Å². The Kier molecular flexibility index (Phi) is 4.19. The van der Waals surface area contributed by atoms with Gasteiger partial charge in [0.25, 0.3) is 5.91 Å². The van der Waals surface area contributed by atoms with Crippen LogP contribution in [-0.4, -0.2) is 56.7 Å². The van der Waals surface area contributed by atoms with Gasteiger partial charge in [0.1, 0.15) is 5.76 Å². The third kappa shape index (κ3) is 2.90. The predicted molar refractivity (Wildman–Crippen MR) is 105 cm³/mol. The number of nitrogens with one attached hydrogen (secondary N) is 1. The number of carbonyl (C=O) groups excluding carboxylic acids is 1. The first-order valence-corrected chi connectivity index (χ1v) is 9.98. The third-order valence-electron chi connectivity index (χ3n) is 6.29. The fraction of sp³-hybridized carbons (Fsp3) is 0.476. The van der Waals surface area contributed by atoms with Crippen LogP contribution < -0.4 is 0 Å². The lowest BCUT2D eigenvalue weighted by Gasteiger charge is -2.35. The van der Waals surface area contributed by atoms with Crippen LogP contribution in [-0.2, 0) is 6.54 Å². The van der Waals surface area contributed by atoms with Crippen LogP contribution in [0.5, 0.6) is 0 Å². The monoisotopic (exact) mass is 379 g/mol. The highest BCUT2D eigenvalue weighted by atomic mass is 16.5. The highest BCUT2D eigenvalue weighted by molar-refractivity contribution is 6.04. The van der Waals surface area contributed by atoms with Gasteiger partial charge in [-0.05, 0) is 38.7 Å². The summed E-state index contributed by atoms with van der Waals surface area (Å²) >= 11 is 0. The third-order valence-corrected chi connectivity index (χ3v) is 6.29. The van der Waals surface area contributed by atoms with Crippen LogP contribution in [0.1, 0.15) is 40.3 Å². The van der Waals surface area contributed by atoms with E-state index in [9.17, 15) is 4.79 Å². The summed E-state index contributed by atoms with van der Waals surface area (Å²) in [5.41, 5.74) is 3.59. The number of piperidine rings is 1. The van der Waals surface area contributed by atoms with Crippen molar-refractivity contribution in [1.29, 1.82) is 0 Å². The number of fused-ring (bicyclic) bond motifs is 5. The van der Waals surface area contributed by atoms with E-state index in [0.29, 0.717) is 11.6 Å². The van der Waals surface area contributed by atoms with Crippen molar-refractivity contribution in [3.63, 3.8) is 0 Å². The number of benzene rings is 1. The number of para-hydroxylation sites is 1. The molecule has 146 valence electrons. The molecule has 0 spiro atoms. The molecule has 3 aromatic rings. The maximum absolute atomic E-state index is 13.3. The molecule has 1 N–H and O–H groups in total. The lowest BCUT2D eigenvalue weighted by Crippen LogP contribution is -2.47. The molecule has 5 heterocycles. The van der Waals surface area contributed by atoms with E-state index in [4.69, 9.17) is 4.52 Å². The van der Waals surface area contributed by atoms with E-state index in [0.717, 1.165) is 55.0 Å². The van der Waals surface area contributed by atoms with E-state index < -0.39 is 0 Å². The molecule has 1 amide bonds. The van der Waals surface area contributed by atoms with Crippen molar-refractivity contribution >= 4 is 16.8 Å². The number of aromatic amines is 1. The van der Waals surface area contributed by atoms with Gasteiger partial charge in [-0.3, -0.25) is 14.8 Å². The Morgan fingerprint density at radius 1 is 1.21 bits per heavy atom. The highest BCUT2D eigenvalue weighted by Crippen LogP contribution is 2.31. The van der Waals surface area contributed by atoms with E-state index in [1.807, 2.05) is 38.1 Å². The molecule has 3 saturated heterocycles. The van der Waals surface area contributed by atoms with Crippen molar-refractivity contribution in [3.05, 3.63) is 47.0 Å². The molecule has 3 fully saturated rings. The molecule has 0 radical (unpaired) electrons. The van der Waals surface area contributed by atoms with Crippen LogP contribution in [0.15, 0.2) is 28.8 Å². The fourth-order valence-corrected chi connectivity index (χ4v) is 4.77. The van der Waals surface area contributed by atoms with Gasteiger partial charge in [-0.2, -0.15) is 5.10 Å². The molecule has 3 aliphatic heterocycles. The normalized spacial score (nSPS) is 22.7. The summed E-state index contributed by atoms with van der Waals surface area (Å²) in [5.74, 6) is 1.43. The predicted octanol–water partition coefficient (Wildman–Crippen LogP) is 2.90. The molecular weight excluding hydrogens is 354 g/mol. The zero-order valence-electron chi connectivity index (χ0n) is 16.3. The second-order valence-corrected chi connectivity index (χ2v) is 8.17. The number of amides is 1. The SMILES string of the molecule is Cc1noc(C)c1CN1C[C@@H]2CC[C@H](C1)N(C(=O)c1n[nH]c3ccccc13)C2. The first-order valence-electron chi connectivity index (χ1n) is 9.98. The number of aryl methyl sites for hydroxylation is 2. The van der Waals surface area contributed by atoms with Crippen LogP contribution >= 0.6 is 0 Å².